The molecule has 0 heterocycles. The summed E-state index contributed by atoms with van der Waals surface area (Å²) in [4.78, 5) is 36.0. The molecule has 3 N–H and O–H groups in total. The lowest BCUT2D eigenvalue weighted by atomic mass is 10.2. The molecule has 0 bridgehead atoms. The molecule has 2 rings (SSSR count). The Labute approximate surface area is 180 Å². The van der Waals surface area contributed by atoms with Crippen molar-refractivity contribution in [2.45, 2.75) is 32.8 Å². The van der Waals surface area contributed by atoms with Gasteiger partial charge in [0.15, 0.2) is 0 Å². The summed E-state index contributed by atoms with van der Waals surface area (Å²) < 4.78 is 18.7. The minimum absolute atomic E-state index is 0.0225. The van der Waals surface area contributed by atoms with E-state index in [0.717, 1.165) is 0 Å². The Balaban J connectivity index is 1.90. The number of carbonyl (C=O) groups excluding carboxylic acids is 3. The van der Waals surface area contributed by atoms with E-state index in [1.807, 2.05) is 0 Å². The van der Waals surface area contributed by atoms with Gasteiger partial charge in [0.25, 0.3) is 0 Å². The van der Waals surface area contributed by atoms with Crippen LogP contribution < -0.4 is 16.0 Å². The van der Waals surface area contributed by atoms with Crippen molar-refractivity contribution in [1.29, 1.82) is 0 Å². The number of nitrogens with one attached hydrogen (secondary N) is 3. The van der Waals surface area contributed by atoms with Crippen molar-refractivity contribution in [3.63, 3.8) is 0 Å². The Morgan fingerprint density at radius 3 is 2.23 bits per heavy atom. The maximum Gasteiger partial charge on any atom is 0.407 e. The van der Waals surface area contributed by atoms with Gasteiger partial charge < -0.3 is 20.7 Å². The van der Waals surface area contributed by atoms with Gasteiger partial charge in [-0.05, 0) is 45.0 Å². The number of alkyl carbamates (subject to hydrolysis) is 1. The van der Waals surface area contributed by atoms with Crippen molar-refractivity contribution < 1.29 is 23.5 Å². The molecule has 0 aliphatic heterocycles. The first kappa shape index (κ1) is 23.6. The van der Waals surface area contributed by atoms with Crippen molar-refractivity contribution >= 4 is 35.4 Å². The standard InChI is InChI=1S/C23H26FN3O4/c1-23(2,3)31-22(30)25-15-14-21(29)27-19-11-7-6-10-18(19)26-20(28)13-12-16-8-4-5-9-17(16)24/h4-13H,14-15H2,1-3H3,(H,25,30)(H,26,28)(H,27,29)/b13-12+. The first-order valence-electron chi connectivity index (χ1n) is 9.73. The lowest BCUT2D eigenvalue weighted by molar-refractivity contribution is -0.116. The minimum atomic E-state index is -0.621. The topological polar surface area (TPSA) is 96.5 Å². The summed E-state index contributed by atoms with van der Waals surface area (Å²) in [5.41, 5.74) is 0.456. The summed E-state index contributed by atoms with van der Waals surface area (Å²) in [5.74, 6) is -1.25. The van der Waals surface area contributed by atoms with Crippen LogP contribution in [0.5, 0.6) is 0 Å². The zero-order valence-electron chi connectivity index (χ0n) is 17.7. The molecule has 0 atom stereocenters. The van der Waals surface area contributed by atoms with Gasteiger partial charge in [-0.3, -0.25) is 9.59 Å². The van der Waals surface area contributed by atoms with Crippen LogP contribution in [-0.4, -0.2) is 30.1 Å². The highest BCUT2D eigenvalue weighted by Gasteiger charge is 2.16. The van der Waals surface area contributed by atoms with E-state index in [4.69, 9.17) is 4.74 Å². The van der Waals surface area contributed by atoms with Crippen LogP contribution in [-0.2, 0) is 14.3 Å². The number of anilines is 2. The van der Waals surface area contributed by atoms with Crippen LogP contribution in [0.3, 0.4) is 0 Å². The molecule has 0 aliphatic carbocycles. The summed E-state index contributed by atoms with van der Waals surface area (Å²) >= 11 is 0. The van der Waals surface area contributed by atoms with Crippen molar-refractivity contribution in [1.82, 2.24) is 5.32 Å². The van der Waals surface area contributed by atoms with Gasteiger partial charge in [-0.2, -0.15) is 0 Å². The molecule has 0 fully saturated rings. The number of halogens is 1. The molecule has 0 unspecified atom stereocenters. The van der Waals surface area contributed by atoms with Crippen LogP contribution in [0.2, 0.25) is 0 Å². The van der Waals surface area contributed by atoms with Crippen LogP contribution in [0.1, 0.15) is 32.8 Å². The van der Waals surface area contributed by atoms with E-state index in [9.17, 15) is 18.8 Å². The van der Waals surface area contributed by atoms with Gasteiger partial charge in [0, 0.05) is 24.6 Å². The molecule has 0 aromatic heterocycles. The predicted molar refractivity (Wildman–Crippen MR) is 118 cm³/mol. The molecule has 8 heteroatoms. The Kier molecular flexibility index (Phi) is 8.31. The number of para-hydroxylation sites is 2. The Bertz CT molecular complexity index is 967. The van der Waals surface area contributed by atoms with Gasteiger partial charge in [-0.25, -0.2) is 9.18 Å². The van der Waals surface area contributed by atoms with Crippen LogP contribution in [0.25, 0.3) is 6.08 Å². The predicted octanol–water partition coefficient (Wildman–Crippen LogP) is 4.33. The fourth-order valence-corrected chi connectivity index (χ4v) is 2.46. The van der Waals surface area contributed by atoms with Crippen molar-refractivity contribution in [2.75, 3.05) is 17.2 Å². The van der Waals surface area contributed by atoms with E-state index in [0.29, 0.717) is 11.4 Å². The van der Waals surface area contributed by atoms with Gasteiger partial charge in [-0.15, -0.1) is 0 Å². The minimum Gasteiger partial charge on any atom is -0.444 e. The van der Waals surface area contributed by atoms with Crippen molar-refractivity contribution in [2.24, 2.45) is 0 Å². The summed E-state index contributed by atoms with van der Waals surface area (Å²) in [6, 6.07) is 12.8. The molecule has 0 radical (unpaired) electrons. The molecule has 31 heavy (non-hydrogen) atoms. The molecule has 0 spiro atoms. The third-order valence-corrected chi connectivity index (χ3v) is 3.80. The summed E-state index contributed by atoms with van der Waals surface area (Å²) in [5, 5.41) is 7.85. The van der Waals surface area contributed by atoms with E-state index < -0.39 is 23.4 Å². The molecule has 0 saturated heterocycles. The van der Waals surface area contributed by atoms with E-state index in [-0.39, 0.29) is 24.4 Å². The normalized spacial score (nSPS) is 11.1. The molecule has 2 aromatic carbocycles. The van der Waals surface area contributed by atoms with E-state index >= 15 is 0 Å². The fourth-order valence-electron chi connectivity index (χ4n) is 2.46. The van der Waals surface area contributed by atoms with Gasteiger partial charge in [0.05, 0.1) is 11.4 Å². The Hall–Kier alpha value is -3.68. The van der Waals surface area contributed by atoms with Gasteiger partial charge >= 0.3 is 6.09 Å². The maximum absolute atomic E-state index is 13.6. The highest BCUT2D eigenvalue weighted by Crippen LogP contribution is 2.21. The SMILES string of the molecule is CC(C)(C)OC(=O)NCCC(=O)Nc1ccccc1NC(=O)/C=C/c1ccccc1F. The van der Waals surface area contributed by atoms with Gasteiger partial charge in [-0.1, -0.05) is 30.3 Å². The molecule has 2 aromatic rings. The zero-order valence-corrected chi connectivity index (χ0v) is 17.7. The first-order chi connectivity index (χ1) is 14.6. The molecule has 0 aliphatic rings. The Morgan fingerprint density at radius 2 is 1.58 bits per heavy atom. The van der Waals surface area contributed by atoms with Crippen LogP contribution in [0.15, 0.2) is 54.6 Å². The number of carbonyl (C=O) groups is 3. The van der Waals surface area contributed by atoms with Gasteiger partial charge in [0.1, 0.15) is 11.4 Å². The second kappa shape index (κ2) is 10.9. The quantitative estimate of drug-likeness (QED) is 0.573. The lowest BCUT2D eigenvalue weighted by Gasteiger charge is -2.19. The lowest BCUT2D eigenvalue weighted by Crippen LogP contribution is -2.34. The zero-order chi connectivity index (χ0) is 22.9. The average molecular weight is 427 g/mol. The summed E-state index contributed by atoms with van der Waals surface area (Å²) in [6.45, 7) is 5.34. The second-order valence-corrected chi connectivity index (χ2v) is 7.62. The molecule has 164 valence electrons. The third-order valence-electron chi connectivity index (χ3n) is 3.80. The maximum atomic E-state index is 13.6. The van der Waals surface area contributed by atoms with E-state index in [2.05, 4.69) is 16.0 Å². The van der Waals surface area contributed by atoms with E-state index in [1.165, 1.54) is 18.2 Å². The summed E-state index contributed by atoms with van der Waals surface area (Å²) in [6.07, 6.45) is 2.00. The number of amides is 3. The van der Waals surface area contributed by atoms with Gasteiger partial charge in [0.2, 0.25) is 11.8 Å². The van der Waals surface area contributed by atoms with Crippen LogP contribution in [0.4, 0.5) is 20.6 Å². The number of ether oxygens (including phenoxy) is 1. The number of benzene rings is 2. The largest absolute Gasteiger partial charge is 0.444 e. The monoisotopic (exact) mass is 427 g/mol. The van der Waals surface area contributed by atoms with E-state index in [1.54, 1.807) is 63.2 Å². The number of hydrogen-bond acceptors (Lipinski definition) is 4. The first-order valence-corrected chi connectivity index (χ1v) is 9.73. The number of hydrogen-bond donors (Lipinski definition) is 3. The Morgan fingerprint density at radius 1 is 0.968 bits per heavy atom. The van der Waals surface area contributed by atoms with Crippen molar-refractivity contribution in [3.05, 3.63) is 66.0 Å². The highest BCUT2D eigenvalue weighted by molar-refractivity contribution is 6.05. The summed E-state index contributed by atoms with van der Waals surface area (Å²) in [7, 11) is 0. The second-order valence-electron chi connectivity index (χ2n) is 7.62. The molecular formula is C23H26FN3O4. The molecule has 7 nitrogen and oxygen atoms in total. The van der Waals surface area contributed by atoms with Crippen molar-refractivity contribution in [3.8, 4) is 0 Å². The molecular weight excluding hydrogens is 401 g/mol. The third kappa shape index (κ3) is 8.69. The van der Waals surface area contributed by atoms with Crippen LogP contribution in [0, 0.1) is 5.82 Å². The molecule has 3 amide bonds. The smallest absolute Gasteiger partial charge is 0.407 e. The van der Waals surface area contributed by atoms with Crippen LogP contribution >= 0.6 is 0 Å². The highest BCUT2D eigenvalue weighted by atomic mass is 19.1. The molecule has 0 saturated carbocycles. The number of rotatable bonds is 7. The average Bonchev–Trinajstić information content (AvgIpc) is 2.67. The fraction of sp³-hybridized carbons (Fsp3) is 0.261.